The van der Waals surface area contributed by atoms with Gasteiger partial charge in [-0.1, -0.05) is 27.7 Å². The molecule has 0 aromatic heterocycles. The van der Waals surface area contributed by atoms with Gasteiger partial charge in [-0.2, -0.15) is 0 Å². The van der Waals surface area contributed by atoms with E-state index in [0.29, 0.717) is 28.6 Å². The molecular weight excluding hydrogens is 296 g/mol. The summed E-state index contributed by atoms with van der Waals surface area (Å²) in [5.74, 6) is 4.07. The van der Waals surface area contributed by atoms with Crippen molar-refractivity contribution < 1.29 is 10.2 Å². The molecule has 2 nitrogen and oxygen atoms in total. The van der Waals surface area contributed by atoms with E-state index in [9.17, 15) is 10.2 Å². The van der Waals surface area contributed by atoms with Crippen LogP contribution in [0.1, 0.15) is 79.1 Å². The summed E-state index contributed by atoms with van der Waals surface area (Å²) in [6.45, 7) is 9.87. The Balaban J connectivity index is 1.65. The highest BCUT2D eigenvalue weighted by molar-refractivity contribution is 5.11. The molecule has 0 heterocycles. The maximum Gasteiger partial charge on any atom is 0.0577 e. The summed E-state index contributed by atoms with van der Waals surface area (Å²) in [5, 5.41) is 21.3. The third kappa shape index (κ3) is 2.28. The zero-order chi connectivity index (χ0) is 17.3. The van der Waals surface area contributed by atoms with Crippen molar-refractivity contribution in [2.75, 3.05) is 0 Å². The SMILES string of the molecule is CC(C)C1CCC2C3C(CCC12C)C1(C)CC[C@@H](O)C[C@H]1C[C@@H]3O. The second kappa shape index (κ2) is 5.71. The summed E-state index contributed by atoms with van der Waals surface area (Å²) in [6.07, 6.45) is 9.12. The average Bonchev–Trinajstić information content (AvgIpc) is 2.86. The molecule has 4 saturated carbocycles. The number of hydrogen-bond donors (Lipinski definition) is 2. The second-order valence-electron chi connectivity index (χ2n) is 10.7. The first-order valence-corrected chi connectivity index (χ1v) is 10.6. The minimum atomic E-state index is -0.131. The van der Waals surface area contributed by atoms with E-state index in [1.54, 1.807) is 0 Å². The smallest absolute Gasteiger partial charge is 0.0577 e. The zero-order valence-corrected chi connectivity index (χ0v) is 16.2. The van der Waals surface area contributed by atoms with Crippen LogP contribution in [0.5, 0.6) is 0 Å². The van der Waals surface area contributed by atoms with E-state index in [1.165, 1.54) is 32.1 Å². The van der Waals surface area contributed by atoms with Crippen LogP contribution in [0.25, 0.3) is 0 Å². The fraction of sp³-hybridized carbons (Fsp3) is 1.00. The fourth-order valence-electron chi connectivity index (χ4n) is 8.34. The minimum Gasteiger partial charge on any atom is -0.393 e. The van der Waals surface area contributed by atoms with Gasteiger partial charge in [0, 0.05) is 0 Å². The Morgan fingerprint density at radius 2 is 1.50 bits per heavy atom. The zero-order valence-electron chi connectivity index (χ0n) is 16.2. The van der Waals surface area contributed by atoms with Crippen LogP contribution >= 0.6 is 0 Å². The van der Waals surface area contributed by atoms with Crippen LogP contribution in [-0.2, 0) is 0 Å². The molecule has 2 N–H and O–H groups in total. The van der Waals surface area contributed by atoms with Crippen molar-refractivity contribution in [1.82, 2.24) is 0 Å². The summed E-state index contributed by atoms with van der Waals surface area (Å²) in [6, 6.07) is 0. The molecule has 0 aliphatic heterocycles. The fourth-order valence-corrected chi connectivity index (χ4v) is 8.34. The molecule has 0 aromatic carbocycles. The van der Waals surface area contributed by atoms with Crippen LogP contribution in [0.2, 0.25) is 0 Å². The summed E-state index contributed by atoms with van der Waals surface area (Å²) in [5.41, 5.74) is 0.814. The standard InChI is InChI=1S/C22H38O2/c1-13(2)16-5-6-17-20-18(8-10-22(16,17)4)21(3)9-7-15(23)11-14(21)12-19(20)24/h13-20,23-24H,5-12H2,1-4H3/t14-,15+,16?,17?,18?,19-,20?,21?,22?/m0/s1. The monoisotopic (exact) mass is 334 g/mol. The van der Waals surface area contributed by atoms with Crippen molar-refractivity contribution in [2.24, 2.45) is 46.3 Å². The lowest BCUT2D eigenvalue weighted by molar-refractivity contribution is -0.174. The third-order valence-electron chi connectivity index (χ3n) is 9.53. The van der Waals surface area contributed by atoms with Gasteiger partial charge in [-0.3, -0.25) is 0 Å². The van der Waals surface area contributed by atoms with Crippen molar-refractivity contribution in [3.8, 4) is 0 Å². The minimum absolute atomic E-state index is 0.127. The first-order chi connectivity index (χ1) is 11.3. The van der Waals surface area contributed by atoms with E-state index >= 15 is 0 Å². The highest BCUT2D eigenvalue weighted by atomic mass is 16.3. The molecule has 0 amide bonds. The van der Waals surface area contributed by atoms with Gasteiger partial charge in [0.25, 0.3) is 0 Å². The van der Waals surface area contributed by atoms with Crippen molar-refractivity contribution >= 4 is 0 Å². The van der Waals surface area contributed by atoms with E-state index in [2.05, 4.69) is 27.7 Å². The van der Waals surface area contributed by atoms with E-state index in [-0.39, 0.29) is 12.2 Å². The molecule has 4 fully saturated rings. The molecule has 0 bridgehead atoms. The molecular formula is C22H38O2. The number of aliphatic hydroxyl groups is 2. The van der Waals surface area contributed by atoms with E-state index < -0.39 is 0 Å². The summed E-state index contributed by atoms with van der Waals surface area (Å²) in [4.78, 5) is 0. The molecule has 4 aliphatic carbocycles. The lowest BCUT2D eigenvalue weighted by atomic mass is 9.43. The number of aliphatic hydroxyl groups excluding tert-OH is 2. The average molecular weight is 335 g/mol. The van der Waals surface area contributed by atoms with Gasteiger partial charge >= 0.3 is 0 Å². The lowest BCUT2D eigenvalue weighted by Crippen LogP contribution is -2.58. The summed E-state index contributed by atoms with van der Waals surface area (Å²) >= 11 is 0. The van der Waals surface area contributed by atoms with Crippen LogP contribution in [-0.4, -0.2) is 22.4 Å². The van der Waals surface area contributed by atoms with Crippen molar-refractivity contribution in [3.63, 3.8) is 0 Å². The Kier molecular flexibility index (Phi) is 4.12. The molecule has 0 saturated heterocycles. The Labute approximate surface area is 148 Å². The molecule has 0 radical (unpaired) electrons. The van der Waals surface area contributed by atoms with Gasteiger partial charge in [0.2, 0.25) is 0 Å². The lowest BCUT2D eigenvalue weighted by Gasteiger charge is -2.62. The van der Waals surface area contributed by atoms with Gasteiger partial charge in [-0.25, -0.2) is 0 Å². The van der Waals surface area contributed by atoms with Crippen LogP contribution in [0.3, 0.4) is 0 Å². The third-order valence-corrected chi connectivity index (χ3v) is 9.53. The second-order valence-corrected chi connectivity index (χ2v) is 10.7. The predicted octanol–water partition coefficient (Wildman–Crippen LogP) is 4.63. The van der Waals surface area contributed by atoms with Gasteiger partial charge in [0.1, 0.15) is 0 Å². The number of fused-ring (bicyclic) bond motifs is 5. The topological polar surface area (TPSA) is 40.5 Å². The predicted molar refractivity (Wildman–Crippen MR) is 97.5 cm³/mol. The Morgan fingerprint density at radius 3 is 2.21 bits per heavy atom. The molecule has 0 spiro atoms. The highest BCUT2D eigenvalue weighted by Crippen LogP contribution is 2.68. The van der Waals surface area contributed by atoms with Crippen molar-refractivity contribution in [1.29, 1.82) is 0 Å². The van der Waals surface area contributed by atoms with Gasteiger partial charge < -0.3 is 10.2 Å². The molecule has 2 heteroatoms. The molecule has 4 rings (SSSR count). The Bertz CT molecular complexity index is 488. The Morgan fingerprint density at radius 1 is 0.833 bits per heavy atom. The van der Waals surface area contributed by atoms with Gasteiger partial charge in [-0.15, -0.1) is 0 Å². The maximum atomic E-state index is 11.1. The van der Waals surface area contributed by atoms with Gasteiger partial charge in [0.15, 0.2) is 0 Å². The highest BCUT2D eigenvalue weighted by Gasteiger charge is 2.62. The summed E-state index contributed by atoms with van der Waals surface area (Å²) in [7, 11) is 0. The normalized spacial score (nSPS) is 57.4. The van der Waals surface area contributed by atoms with Gasteiger partial charge in [-0.05, 0) is 97.7 Å². The maximum absolute atomic E-state index is 11.1. The van der Waals surface area contributed by atoms with E-state index in [4.69, 9.17) is 0 Å². The van der Waals surface area contributed by atoms with E-state index in [0.717, 1.165) is 37.0 Å². The molecule has 9 atom stereocenters. The van der Waals surface area contributed by atoms with Gasteiger partial charge in [0.05, 0.1) is 12.2 Å². The molecule has 6 unspecified atom stereocenters. The van der Waals surface area contributed by atoms with Crippen molar-refractivity contribution in [3.05, 3.63) is 0 Å². The molecule has 24 heavy (non-hydrogen) atoms. The van der Waals surface area contributed by atoms with Crippen LogP contribution < -0.4 is 0 Å². The van der Waals surface area contributed by atoms with Crippen LogP contribution in [0.4, 0.5) is 0 Å². The number of hydrogen-bond acceptors (Lipinski definition) is 2. The van der Waals surface area contributed by atoms with Crippen molar-refractivity contribution in [2.45, 2.75) is 91.3 Å². The molecule has 4 aliphatic rings. The van der Waals surface area contributed by atoms with Crippen LogP contribution in [0, 0.1) is 46.3 Å². The Hall–Kier alpha value is -0.0800. The van der Waals surface area contributed by atoms with E-state index in [1.807, 2.05) is 0 Å². The quantitative estimate of drug-likeness (QED) is 0.734. The first kappa shape index (κ1) is 17.3. The first-order valence-electron chi connectivity index (χ1n) is 10.6. The largest absolute Gasteiger partial charge is 0.393 e. The summed E-state index contributed by atoms with van der Waals surface area (Å²) < 4.78 is 0. The number of rotatable bonds is 1. The molecule has 138 valence electrons. The van der Waals surface area contributed by atoms with Crippen LogP contribution in [0.15, 0.2) is 0 Å². The molecule has 0 aromatic rings.